The number of carbonyl (C=O) groups excluding carboxylic acids is 2. The SMILES string of the molecule is COC(=O)c1[nH]nc2c1C(c1ccc(OC)cc1F)CC(=O)N2. The third kappa shape index (κ3) is 2.52. The molecule has 2 heterocycles. The van der Waals surface area contributed by atoms with Gasteiger partial charge in [0.1, 0.15) is 17.3 Å². The Labute approximate surface area is 130 Å². The number of carbonyl (C=O) groups is 2. The fraction of sp³-hybridized carbons (Fsp3) is 0.267. The minimum Gasteiger partial charge on any atom is -0.497 e. The number of rotatable bonds is 3. The van der Waals surface area contributed by atoms with Gasteiger partial charge in [0.2, 0.25) is 5.91 Å². The standard InChI is InChI=1S/C15H14FN3O4/c1-22-7-3-4-8(10(16)5-7)9-6-11(20)17-14-12(9)13(18-19-14)15(21)23-2/h3-5,9H,6H2,1-2H3,(H2,17,18,19,20). The number of H-pyrrole nitrogens is 1. The van der Waals surface area contributed by atoms with Gasteiger partial charge in [-0.05, 0) is 11.6 Å². The Hall–Kier alpha value is -2.90. The summed E-state index contributed by atoms with van der Waals surface area (Å²) in [7, 11) is 2.67. The molecule has 1 aliphatic rings. The molecule has 2 N–H and O–H groups in total. The van der Waals surface area contributed by atoms with Crippen LogP contribution in [0.25, 0.3) is 0 Å². The van der Waals surface area contributed by atoms with E-state index in [2.05, 4.69) is 15.5 Å². The van der Waals surface area contributed by atoms with Crippen LogP contribution in [0.15, 0.2) is 18.2 Å². The van der Waals surface area contributed by atoms with Gasteiger partial charge in [0.25, 0.3) is 0 Å². The molecule has 1 aliphatic heterocycles. The summed E-state index contributed by atoms with van der Waals surface area (Å²) in [6.45, 7) is 0. The first-order valence-corrected chi connectivity index (χ1v) is 6.85. The average Bonchev–Trinajstić information content (AvgIpc) is 2.97. The van der Waals surface area contributed by atoms with Crippen LogP contribution in [0.2, 0.25) is 0 Å². The third-order valence-electron chi connectivity index (χ3n) is 3.77. The number of halogens is 1. The van der Waals surface area contributed by atoms with Crippen LogP contribution in [0.5, 0.6) is 5.75 Å². The summed E-state index contributed by atoms with van der Waals surface area (Å²) in [5.74, 6) is -1.52. The fourth-order valence-electron chi connectivity index (χ4n) is 2.70. The Bertz CT molecular complexity index is 787. The minimum atomic E-state index is -0.641. The molecule has 23 heavy (non-hydrogen) atoms. The van der Waals surface area contributed by atoms with Crippen LogP contribution in [-0.2, 0) is 9.53 Å². The number of nitrogens with one attached hydrogen (secondary N) is 2. The zero-order valence-corrected chi connectivity index (χ0v) is 12.5. The van der Waals surface area contributed by atoms with E-state index in [4.69, 9.17) is 9.47 Å². The molecule has 2 aromatic rings. The Morgan fingerprint density at radius 1 is 1.39 bits per heavy atom. The summed E-state index contributed by atoms with van der Waals surface area (Å²) in [5, 5.41) is 9.02. The first-order valence-electron chi connectivity index (χ1n) is 6.85. The van der Waals surface area contributed by atoms with Gasteiger partial charge in [0, 0.05) is 24.0 Å². The number of anilines is 1. The van der Waals surface area contributed by atoms with E-state index in [0.29, 0.717) is 11.3 Å². The molecule has 0 saturated heterocycles. The van der Waals surface area contributed by atoms with Crippen molar-refractivity contribution in [1.82, 2.24) is 10.2 Å². The normalized spacial score (nSPS) is 16.5. The van der Waals surface area contributed by atoms with Crippen LogP contribution in [0.1, 0.15) is 34.0 Å². The molecule has 0 spiro atoms. The van der Waals surface area contributed by atoms with Gasteiger partial charge in [-0.2, -0.15) is 5.10 Å². The molecule has 0 aliphatic carbocycles. The van der Waals surface area contributed by atoms with Crippen molar-refractivity contribution in [1.29, 1.82) is 0 Å². The number of amides is 1. The van der Waals surface area contributed by atoms with Crippen LogP contribution in [0.4, 0.5) is 10.2 Å². The maximum Gasteiger partial charge on any atom is 0.356 e. The number of aromatic nitrogens is 2. The molecule has 1 atom stereocenters. The summed E-state index contributed by atoms with van der Waals surface area (Å²) >= 11 is 0. The van der Waals surface area contributed by atoms with Crippen molar-refractivity contribution in [2.24, 2.45) is 0 Å². The lowest BCUT2D eigenvalue weighted by atomic mass is 9.85. The highest BCUT2D eigenvalue weighted by Crippen LogP contribution is 2.39. The van der Waals surface area contributed by atoms with Crippen LogP contribution in [0.3, 0.4) is 0 Å². The van der Waals surface area contributed by atoms with Gasteiger partial charge in [-0.25, -0.2) is 9.18 Å². The molecule has 0 radical (unpaired) electrons. The minimum absolute atomic E-state index is 0.000222. The maximum atomic E-state index is 14.4. The third-order valence-corrected chi connectivity index (χ3v) is 3.77. The predicted molar refractivity (Wildman–Crippen MR) is 78.0 cm³/mol. The van der Waals surface area contributed by atoms with Crippen molar-refractivity contribution in [2.45, 2.75) is 12.3 Å². The molecule has 1 aromatic heterocycles. The average molecular weight is 319 g/mol. The lowest BCUT2D eigenvalue weighted by Gasteiger charge is -2.23. The molecule has 8 heteroatoms. The van der Waals surface area contributed by atoms with Gasteiger partial charge >= 0.3 is 5.97 Å². The molecule has 3 rings (SSSR count). The van der Waals surface area contributed by atoms with Gasteiger partial charge in [-0.1, -0.05) is 6.07 Å². The van der Waals surface area contributed by atoms with E-state index in [0.717, 1.165) is 0 Å². The lowest BCUT2D eigenvalue weighted by molar-refractivity contribution is -0.116. The summed E-state index contributed by atoms with van der Waals surface area (Å²) in [4.78, 5) is 23.7. The molecule has 1 unspecified atom stereocenters. The smallest absolute Gasteiger partial charge is 0.356 e. The lowest BCUT2D eigenvalue weighted by Crippen LogP contribution is -2.25. The molecular weight excluding hydrogens is 305 g/mol. The van der Waals surface area contributed by atoms with Gasteiger partial charge in [-0.15, -0.1) is 0 Å². The van der Waals surface area contributed by atoms with E-state index in [1.54, 1.807) is 6.07 Å². The number of nitrogens with zero attached hydrogens (tertiary/aromatic N) is 1. The number of ether oxygens (including phenoxy) is 2. The number of aromatic amines is 1. The van der Waals surface area contributed by atoms with Crippen LogP contribution < -0.4 is 10.1 Å². The van der Waals surface area contributed by atoms with Crippen molar-refractivity contribution in [3.05, 3.63) is 40.8 Å². The number of fused-ring (bicyclic) bond motifs is 1. The van der Waals surface area contributed by atoms with Crippen molar-refractivity contribution >= 4 is 17.7 Å². The predicted octanol–water partition coefficient (Wildman–Crippen LogP) is 1.82. The Balaban J connectivity index is 2.13. The zero-order valence-electron chi connectivity index (χ0n) is 12.5. The second kappa shape index (κ2) is 5.71. The molecule has 0 bridgehead atoms. The van der Waals surface area contributed by atoms with Crippen molar-refractivity contribution in [3.8, 4) is 5.75 Å². The zero-order chi connectivity index (χ0) is 16.6. The monoisotopic (exact) mass is 319 g/mol. The van der Waals surface area contributed by atoms with E-state index in [1.165, 1.54) is 26.4 Å². The van der Waals surface area contributed by atoms with Gasteiger partial charge in [-0.3, -0.25) is 9.89 Å². The van der Waals surface area contributed by atoms with Gasteiger partial charge in [0.15, 0.2) is 5.82 Å². The first-order chi connectivity index (χ1) is 11.0. The number of hydrogen-bond acceptors (Lipinski definition) is 5. The Kier molecular flexibility index (Phi) is 3.73. The van der Waals surface area contributed by atoms with E-state index in [1.807, 2.05) is 0 Å². The van der Waals surface area contributed by atoms with Crippen LogP contribution in [-0.4, -0.2) is 36.3 Å². The summed E-state index contributed by atoms with van der Waals surface area (Å²) in [6, 6.07) is 4.37. The second-order valence-electron chi connectivity index (χ2n) is 5.04. The second-order valence-corrected chi connectivity index (χ2v) is 5.04. The molecule has 1 amide bonds. The summed E-state index contributed by atoms with van der Waals surface area (Å²) in [6.07, 6.45) is -0.000222. The highest BCUT2D eigenvalue weighted by atomic mass is 19.1. The molecule has 0 saturated carbocycles. The highest BCUT2D eigenvalue weighted by Gasteiger charge is 2.35. The van der Waals surface area contributed by atoms with Crippen LogP contribution >= 0.6 is 0 Å². The topological polar surface area (TPSA) is 93.3 Å². The number of benzene rings is 1. The molecule has 7 nitrogen and oxygen atoms in total. The largest absolute Gasteiger partial charge is 0.497 e. The fourth-order valence-corrected chi connectivity index (χ4v) is 2.70. The number of hydrogen-bond donors (Lipinski definition) is 2. The van der Waals surface area contributed by atoms with E-state index < -0.39 is 17.7 Å². The molecule has 120 valence electrons. The van der Waals surface area contributed by atoms with Crippen molar-refractivity contribution in [3.63, 3.8) is 0 Å². The van der Waals surface area contributed by atoms with Crippen molar-refractivity contribution in [2.75, 3.05) is 19.5 Å². The first kappa shape index (κ1) is 15.0. The van der Waals surface area contributed by atoms with Gasteiger partial charge in [0.05, 0.1) is 14.2 Å². The quantitative estimate of drug-likeness (QED) is 0.842. The maximum absolute atomic E-state index is 14.4. The van der Waals surface area contributed by atoms with E-state index in [9.17, 15) is 14.0 Å². The Morgan fingerprint density at radius 2 is 2.17 bits per heavy atom. The number of esters is 1. The highest BCUT2D eigenvalue weighted by molar-refractivity contribution is 5.98. The molecule has 0 fully saturated rings. The summed E-state index contributed by atoms with van der Waals surface area (Å²) in [5.41, 5.74) is 0.802. The van der Waals surface area contributed by atoms with Crippen LogP contribution in [0, 0.1) is 5.82 Å². The molecular formula is C15H14FN3O4. The van der Waals surface area contributed by atoms with E-state index >= 15 is 0 Å². The van der Waals surface area contributed by atoms with Crippen molar-refractivity contribution < 1.29 is 23.5 Å². The number of methoxy groups -OCH3 is 2. The van der Waals surface area contributed by atoms with E-state index in [-0.39, 0.29) is 29.4 Å². The van der Waals surface area contributed by atoms with Gasteiger partial charge < -0.3 is 14.8 Å². The summed E-state index contributed by atoms with van der Waals surface area (Å²) < 4.78 is 24.1. The molecule has 1 aromatic carbocycles. The Morgan fingerprint density at radius 3 is 2.83 bits per heavy atom.